The molecule has 2 heterocycles. The number of rotatable bonds is 4. The fourth-order valence-corrected chi connectivity index (χ4v) is 2.91. The summed E-state index contributed by atoms with van der Waals surface area (Å²) in [7, 11) is 0. The van der Waals surface area contributed by atoms with Gasteiger partial charge in [0.2, 0.25) is 0 Å². The minimum Gasteiger partial charge on any atom is -0.444 e. The molecule has 0 saturated carbocycles. The van der Waals surface area contributed by atoms with Crippen LogP contribution in [0.25, 0.3) is 0 Å². The van der Waals surface area contributed by atoms with Crippen LogP contribution in [-0.4, -0.2) is 58.1 Å². The maximum atomic E-state index is 12.7. The minimum absolute atomic E-state index is 0.0273. The number of hydrogen-bond acceptors (Lipinski definition) is 5. The fraction of sp³-hybridized carbons (Fsp3) is 0.611. The van der Waals surface area contributed by atoms with Crippen molar-refractivity contribution in [3.8, 4) is 0 Å². The molecule has 0 radical (unpaired) electrons. The Labute approximate surface area is 149 Å². The van der Waals surface area contributed by atoms with E-state index in [0.717, 1.165) is 12.8 Å². The van der Waals surface area contributed by atoms with Crippen molar-refractivity contribution in [1.29, 1.82) is 0 Å². The van der Waals surface area contributed by atoms with Crippen LogP contribution in [0.2, 0.25) is 0 Å². The number of aromatic nitrogens is 1. The summed E-state index contributed by atoms with van der Waals surface area (Å²) < 4.78 is 5.49. The first-order chi connectivity index (χ1) is 11.7. The minimum atomic E-state index is -0.528. The predicted octanol–water partition coefficient (Wildman–Crippen LogP) is 2.53. The summed E-state index contributed by atoms with van der Waals surface area (Å²) in [6, 6.07) is 3.26. The normalized spacial score (nSPS) is 17.4. The molecule has 1 unspecified atom stereocenters. The molecule has 1 aliphatic rings. The van der Waals surface area contributed by atoms with Gasteiger partial charge in [-0.1, -0.05) is 0 Å². The van der Waals surface area contributed by atoms with Crippen molar-refractivity contribution < 1.29 is 14.3 Å². The van der Waals surface area contributed by atoms with Crippen LogP contribution in [0, 0.1) is 0 Å². The van der Waals surface area contributed by atoms with Gasteiger partial charge in [-0.25, -0.2) is 9.78 Å². The van der Waals surface area contributed by atoms with Crippen LogP contribution in [0.15, 0.2) is 18.3 Å². The number of ether oxygens (including phenoxy) is 1. The van der Waals surface area contributed by atoms with Crippen molar-refractivity contribution in [2.75, 3.05) is 25.4 Å². The molecule has 2 amide bonds. The van der Waals surface area contributed by atoms with Gasteiger partial charge >= 0.3 is 6.09 Å². The number of carbonyl (C=O) groups excluding carboxylic acids is 2. The molecule has 1 fully saturated rings. The van der Waals surface area contributed by atoms with E-state index in [9.17, 15) is 9.59 Å². The van der Waals surface area contributed by atoms with E-state index < -0.39 is 5.60 Å². The smallest absolute Gasteiger partial charge is 0.410 e. The third-order valence-electron chi connectivity index (χ3n) is 4.14. The Balaban J connectivity index is 2.05. The van der Waals surface area contributed by atoms with Crippen molar-refractivity contribution in [2.24, 2.45) is 0 Å². The average Bonchev–Trinajstić information content (AvgIpc) is 2.99. The van der Waals surface area contributed by atoms with Crippen molar-refractivity contribution in [3.63, 3.8) is 0 Å². The first kappa shape index (κ1) is 19.0. The Bertz CT molecular complexity index is 610. The highest BCUT2D eigenvalue weighted by molar-refractivity contribution is 5.94. The molecule has 25 heavy (non-hydrogen) atoms. The van der Waals surface area contributed by atoms with Crippen LogP contribution in [0.3, 0.4) is 0 Å². The number of likely N-dealkylation sites (N-methyl/N-ethyl adjacent to an activating group) is 1. The number of likely N-dealkylation sites (tertiary alicyclic amines) is 1. The molecule has 1 atom stereocenters. The number of carbonyl (C=O) groups is 2. The second kappa shape index (κ2) is 7.72. The first-order valence-electron chi connectivity index (χ1n) is 8.71. The lowest BCUT2D eigenvalue weighted by Gasteiger charge is -2.32. The Morgan fingerprint density at radius 3 is 2.68 bits per heavy atom. The fourth-order valence-electron chi connectivity index (χ4n) is 2.91. The van der Waals surface area contributed by atoms with Crippen molar-refractivity contribution in [1.82, 2.24) is 14.8 Å². The maximum Gasteiger partial charge on any atom is 0.410 e. The topological polar surface area (TPSA) is 88.8 Å². The summed E-state index contributed by atoms with van der Waals surface area (Å²) in [5.74, 6) is 0.275. The first-order valence-corrected chi connectivity index (χ1v) is 8.71. The van der Waals surface area contributed by atoms with Gasteiger partial charge in [0.1, 0.15) is 11.4 Å². The van der Waals surface area contributed by atoms with Gasteiger partial charge in [-0.3, -0.25) is 4.79 Å². The Hall–Kier alpha value is -2.31. The number of nitrogens with zero attached hydrogens (tertiary/aromatic N) is 3. The number of nitrogen functional groups attached to an aromatic ring is 1. The van der Waals surface area contributed by atoms with Crippen LogP contribution in [0.1, 0.15) is 50.9 Å². The van der Waals surface area contributed by atoms with Gasteiger partial charge in [0.15, 0.2) is 0 Å². The number of nitrogens with two attached hydrogens (primary N) is 1. The van der Waals surface area contributed by atoms with Gasteiger partial charge in [0.25, 0.3) is 5.91 Å². The highest BCUT2D eigenvalue weighted by Gasteiger charge is 2.34. The van der Waals surface area contributed by atoms with Gasteiger partial charge in [0.05, 0.1) is 11.6 Å². The standard InChI is InChI=1S/C18H28N4O3/c1-5-21(16(23)13-8-9-15(19)20-11-13)12-14-7-6-10-22(14)17(24)25-18(2,3)4/h8-9,11,14H,5-7,10,12H2,1-4H3,(H2,19,20). The second-order valence-electron chi connectivity index (χ2n) is 7.29. The molecule has 1 saturated heterocycles. The highest BCUT2D eigenvalue weighted by atomic mass is 16.6. The summed E-state index contributed by atoms with van der Waals surface area (Å²) in [6.45, 7) is 9.19. The maximum absolute atomic E-state index is 12.7. The molecule has 138 valence electrons. The van der Waals surface area contributed by atoms with Gasteiger partial charge in [-0.15, -0.1) is 0 Å². The van der Waals surface area contributed by atoms with E-state index in [1.54, 1.807) is 21.9 Å². The lowest BCUT2D eigenvalue weighted by molar-refractivity contribution is 0.0193. The zero-order valence-electron chi connectivity index (χ0n) is 15.5. The molecule has 1 aromatic heterocycles. The number of pyridine rings is 1. The third kappa shape index (κ3) is 5.08. The van der Waals surface area contributed by atoms with Crippen molar-refractivity contribution in [3.05, 3.63) is 23.9 Å². The molecular weight excluding hydrogens is 320 g/mol. The number of amides is 2. The summed E-state index contributed by atoms with van der Waals surface area (Å²) in [4.78, 5) is 32.5. The van der Waals surface area contributed by atoms with Crippen LogP contribution >= 0.6 is 0 Å². The molecule has 1 aromatic rings. The van der Waals surface area contributed by atoms with E-state index in [0.29, 0.717) is 31.0 Å². The van der Waals surface area contributed by atoms with Crippen LogP contribution in [0.4, 0.5) is 10.6 Å². The van der Waals surface area contributed by atoms with Gasteiger partial charge in [-0.2, -0.15) is 0 Å². The summed E-state index contributed by atoms with van der Waals surface area (Å²) in [5, 5.41) is 0. The van der Waals surface area contributed by atoms with E-state index in [1.165, 1.54) is 6.20 Å². The van der Waals surface area contributed by atoms with Gasteiger partial charge in [0, 0.05) is 25.8 Å². The molecule has 2 rings (SSSR count). The van der Waals surface area contributed by atoms with Crippen molar-refractivity contribution >= 4 is 17.8 Å². The molecule has 7 nitrogen and oxygen atoms in total. The summed E-state index contributed by atoms with van der Waals surface area (Å²) in [6.07, 6.45) is 2.95. The zero-order chi connectivity index (χ0) is 18.6. The highest BCUT2D eigenvalue weighted by Crippen LogP contribution is 2.22. The van der Waals surface area contributed by atoms with Crippen LogP contribution < -0.4 is 5.73 Å². The van der Waals surface area contributed by atoms with Crippen LogP contribution in [-0.2, 0) is 4.74 Å². The molecule has 0 spiro atoms. The largest absolute Gasteiger partial charge is 0.444 e. The summed E-state index contributed by atoms with van der Waals surface area (Å²) >= 11 is 0. The zero-order valence-corrected chi connectivity index (χ0v) is 15.5. The van der Waals surface area contributed by atoms with Crippen molar-refractivity contribution in [2.45, 2.75) is 52.2 Å². The van der Waals surface area contributed by atoms with E-state index in [4.69, 9.17) is 10.5 Å². The number of hydrogen-bond donors (Lipinski definition) is 1. The van der Waals surface area contributed by atoms with E-state index >= 15 is 0 Å². The lowest BCUT2D eigenvalue weighted by atomic mass is 10.1. The average molecular weight is 348 g/mol. The van der Waals surface area contributed by atoms with E-state index in [2.05, 4.69) is 4.98 Å². The Kier molecular flexibility index (Phi) is 5.87. The molecular formula is C18H28N4O3. The molecule has 0 aliphatic carbocycles. The molecule has 7 heteroatoms. The third-order valence-corrected chi connectivity index (χ3v) is 4.14. The SMILES string of the molecule is CCN(CC1CCCN1C(=O)OC(C)(C)C)C(=O)c1ccc(N)nc1. The lowest BCUT2D eigenvalue weighted by Crippen LogP contribution is -2.46. The Morgan fingerprint density at radius 1 is 1.40 bits per heavy atom. The number of anilines is 1. The predicted molar refractivity (Wildman–Crippen MR) is 96.2 cm³/mol. The molecule has 2 N–H and O–H groups in total. The molecule has 0 bridgehead atoms. The van der Waals surface area contributed by atoms with Crippen LogP contribution in [0.5, 0.6) is 0 Å². The van der Waals surface area contributed by atoms with Gasteiger partial charge < -0.3 is 20.3 Å². The molecule has 1 aliphatic heterocycles. The quantitative estimate of drug-likeness (QED) is 0.903. The monoisotopic (exact) mass is 348 g/mol. The Morgan fingerprint density at radius 2 is 2.12 bits per heavy atom. The summed E-state index contributed by atoms with van der Waals surface area (Å²) in [5.41, 5.74) is 5.55. The van der Waals surface area contributed by atoms with Gasteiger partial charge in [-0.05, 0) is 52.7 Å². The van der Waals surface area contributed by atoms with E-state index in [-0.39, 0.29) is 18.0 Å². The second-order valence-corrected chi connectivity index (χ2v) is 7.29. The molecule has 0 aromatic carbocycles. The van der Waals surface area contributed by atoms with E-state index in [1.807, 2.05) is 27.7 Å².